The summed E-state index contributed by atoms with van der Waals surface area (Å²) >= 11 is 7.04. The van der Waals surface area contributed by atoms with E-state index in [1.54, 1.807) is 31.2 Å². The van der Waals surface area contributed by atoms with Gasteiger partial charge in [0.1, 0.15) is 11.1 Å². The molecule has 1 atom stereocenters. The van der Waals surface area contributed by atoms with Gasteiger partial charge < -0.3 is 10.1 Å². The highest BCUT2D eigenvalue weighted by Gasteiger charge is 2.18. The van der Waals surface area contributed by atoms with Gasteiger partial charge in [-0.25, -0.2) is 9.18 Å². The van der Waals surface area contributed by atoms with E-state index in [0.717, 1.165) is 4.90 Å². The molecule has 0 heterocycles. The lowest BCUT2D eigenvalue weighted by atomic mass is 10.3. The van der Waals surface area contributed by atoms with Crippen molar-refractivity contribution in [3.63, 3.8) is 0 Å². The molecule has 2 aromatic carbocycles. The molecule has 0 aromatic heterocycles. The van der Waals surface area contributed by atoms with Crippen LogP contribution in [0.1, 0.15) is 6.92 Å². The van der Waals surface area contributed by atoms with Crippen molar-refractivity contribution in [2.45, 2.75) is 17.1 Å². The zero-order valence-corrected chi connectivity index (χ0v) is 15.8. The Bertz CT molecular complexity index is 832. The van der Waals surface area contributed by atoms with E-state index >= 15 is 0 Å². The van der Waals surface area contributed by atoms with Gasteiger partial charge in [0.05, 0.1) is 5.69 Å². The number of ether oxygens (including phenoxy) is 1. The smallest absolute Gasteiger partial charge is 0.326 e. The molecule has 0 unspecified atom stereocenters. The number of benzene rings is 2. The summed E-state index contributed by atoms with van der Waals surface area (Å²) in [5.41, 5.74) is -0.0761. The van der Waals surface area contributed by atoms with Crippen LogP contribution in [-0.4, -0.2) is 29.8 Å². The molecule has 0 radical (unpaired) electrons. The van der Waals surface area contributed by atoms with E-state index in [9.17, 15) is 18.8 Å². The zero-order chi connectivity index (χ0) is 19.8. The van der Waals surface area contributed by atoms with Gasteiger partial charge in [-0.3, -0.25) is 14.9 Å². The molecule has 27 heavy (non-hydrogen) atoms. The quantitative estimate of drug-likeness (QED) is 0.558. The number of carbonyl (C=O) groups is 3. The highest BCUT2D eigenvalue weighted by atomic mass is 35.5. The number of anilines is 1. The number of nitrogens with one attached hydrogen (secondary N) is 2. The zero-order valence-electron chi connectivity index (χ0n) is 14.2. The first-order chi connectivity index (χ1) is 12.8. The van der Waals surface area contributed by atoms with Crippen molar-refractivity contribution in [3.05, 3.63) is 59.4 Å². The van der Waals surface area contributed by atoms with Gasteiger partial charge in [0.15, 0.2) is 6.61 Å². The van der Waals surface area contributed by atoms with Crippen LogP contribution >= 0.6 is 23.4 Å². The fourth-order valence-corrected chi connectivity index (χ4v) is 2.89. The molecule has 2 N–H and O–H groups in total. The van der Waals surface area contributed by atoms with Gasteiger partial charge in [-0.15, -0.1) is 11.8 Å². The van der Waals surface area contributed by atoms with Gasteiger partial charge >= 0.3 is 12.0 Å². The first-order valence-corrected chi connectivity index (χ1v) is 9.05. The van der Waals surface area contributed by atoms with Gasteiger partial charge in [0, 0.05) is 9.92 Å². The Kier molecular flexibility index (Phi) is 7.63. The Morgan fingerprint density at radius 3 is 2.48 bits per heavy atom. The van der Waals surface area contributed by atoms with Gasteiger partial charge in [-0.05, 0) is 43.3 Å². The number of amides is 3. The number of hydrogen-bond donors (Lipinski definition) is 2. The van der Waals surface area contributed by atoms with E-state index in [2.05, 4.69) is 5.32 Å². The monoisotopic (exact) mass is 410 g/mol. The fraction of sp³-hybridized carbons (Fsp3) is 0.167. The summed E-state index contributed by atoms with van der Waals surface area (Å²) in [5.74, 6) is -2.08. The largest absolute Gasteiger partial charge is 0.455 e. The van der Waals surface area contributed by atoms with Crippen molar-refractivity contribution in [3.8, 4) is 0 Å². The molecule has 0 aliphatic carbocycles. The third kappa shape index (κ3) is 6.92. The number of imide groups is 1. The molecule has 2 rings (SSSR count). The molecule has 0 aliphatic heterocycles. The minimum atomic E-state index is -0.926. The number of carbonyl (C=O) groups excluding carboxylic acids is 3. The summed E-state index contributed by atoms with van der Waals surface area (Å²) in [7, 11) is 0. The molecule has 0 bridgehead atoms. The van der Waals surface area contributed by atoms with Crippen molar-refractivity contribution in [1.29, 1.82) is 0 Å². The SMILES string of the molecule is C[C@@H](Sc1ccc(Cl)cc1)C(=O)OCC(=O)NC(=O)Nc1ccccc1F. The second-order valence-corrected chi connectivity index (χ2v) is 7.15. The van der Waals surface area contributed by atoms with Crippen LogP contribution in [0, 0.1) is 5.82 Å². The molecule has 2 aromatic rings. The van der Waals surface area contributed by atoms with Crippen LogP contribution in [0.15, 0.2) is 53.4 Å². The minimum Gasteiger partial charge on any atom is -0.455 e. The van der Waals surface area contributed by atoms with Crippen molar-refractivity contribution in [1.82, 2.24) is 5.32 Å². The fourth-order valence-electron chi connectivity index (χ4n) is 1.90. The number of rotatable bonds is 6. The number of para-hydroxylation sites is 1. The standard InChI is InChI=1S/C18H16ClFN2O4S/c1-11(27-13-8-6-12(19)7-9-13)17(24)26-10-16(23)22-18(25)21-15-5-3-2-4-14(15)20/h2-9,11H,10H2,1H3,(H2,21,22,23,25)/t11-/m1/s1. The van der Waals surface area contributed by atoms with Crippen molar-refractivity contribution in [2.75, 3.05) is 11.9 Å². The molecule has 9 heteroatoms. The lowest BCUT2D eigenvalue weighted by Crippen LogP contribution is -2.38. The van der Waals surface area contributed by atoms with Crippen LogP contribution in [0.5, 0.6) is 0 Å². The summed E-state index contributed by atoms with van der Waals surface area (Å²) in [6.07, 6.45) is 0. The van der Waals surface area contributed by atoms with Gasteiger partial charge in [-0.2, -0.15) is 0 Å². The summed E-state index contributed by atoms with van der Waals surface area (Å²) in [5, 5.41) is 4.16. The number of halogens is 2. The maximum Gasteiger partial charge on any atom is 0.326 e. The third-order valence-electron chi connectivity index (χ3n) is 3.18. The van der Waals surface area contributed by atoms with E-state index in [1.165, 1.54) is 36.0 Å². The molecular formula is C18H16ClFN2O4S. The molecular weight excluding hydrogens is 395 g/mol. The van der Waals surface area contributed by atoms with E-state index in [-0.39, 0.29) is 5.69 Å². The first-order valence-electron chi connectivity index (χ1n) is 7.79. The normalized spacial score (nSPS) is 11.4. The van der Waals surface area contributed by atoms with E-state index < -0.39 is 35.6 Å². The van der Waals surface area contributed by atoms with Gasteiger partial charge in [0.25, 0.3) is 5.91 Å². The summed E-state index contributed by atoms with van der Waals surface area (Å²) < 4.78 is 18.3. The number of esters is 1. The van der Waals surface area contributed by atoms with Crippen LogP contribution in [0.4, 0.5) is 14.9 Å². The van der Waals surface area contributed by atoms with Crippen LogP contribution in [0.3, 0.4) is 0 Å². The third-order valence-corrected chi connectivity index (χ3v) is 4.52. The molecule has 142 valence electrons. The number of urea groups is 1. The Labute approximate surface area is 164 Å². The average molecular weight is 411 g/mol. The van der Waals surface area contributed by atoms with E-state index in [4.69, 9.17) is 16.3 Å². The maximum atomic E-state index is 13.4. The van der Waals surface area contributed by atoms with Crippen LogP contribution < -0.4 is 10.6 Å². The Balaban J connectivity index is 1.75. The lowest BCUT2D eigenvalue weighted by molar-refractivity contribution is -0.147. The predicted octanol–water partition coefficient (Wildman–Crippen LogP) is 3.85. The molecule has 0 saturated heterocycles. The number of hydrogen-bond acceptors (Lipinski definition) is 5. The van der Waals surface area contributed by atoms with Crippen molar-refractivity contribution < 1.29 is 23.5 Å². The van der Waals surface area contributed by atoms with Crippen LogP contribution in [-0.2, 0) is 14.3 Å². The van der Waals surface area contributed by atoms with Crippen LogP contribution in [0.25, 0.3) is 0 Å². The van der Waals surface area contributed by atoms with Gasteiger partial charge in [0.2, 0.25) is 0 Å². The van der Waals surface area contributed by atoms with Crippen molar-refractivity contribution in [2.24, 2.45) is 0 Å². The molecule has 0 aliphatic rings. The molecule has 0 saturated carbocycles. The minimum absolute atomic E-state index is 0.0761. The highest BCUT2D eigenvalue weighted by Crippen LogP contribution is 2.25. The maximum absolute atomic E-state index is 13.4. The Morgan fingerprint density at radius 1 is 1.15 bits per heavy atom. The average Bonchev–Trinajstić information content (AvgIpc) is 2.63. The number of thioether (sulfide) groups is 1. The molecule has 0 fully saturated rings. The summed E-state index contributed by atoms with van der Waals surface area (Å²) in [6, 6.07) is 11.5. The second kappa shape index (κ2) is 9.94. The Morgan fingerprint density at radius 2 is 1.81 bits per heavy atom. The second-order valence-electron chi connectivity index (χ2n) is 5.30. The molecule has 3 amide bonds. The molecule has 6 nitrogen and oxygen atoms in total. The lowest BCUT2D eigenvalue weighted by Gasteiger charge is -2.11. The van der Waals surface area contributed by atoms with E-state index in [1.807, 2.05) is 5.32 Å². The topological polar surface area (TPSA) is 84.5 Å². The first kappa shape index (κ1) is 20.7. The van der Waals surface area contributed by atoms with Crippen molar-refractivity contribution >= 4 is 47.0 Å². The van der Waals surface area contributed by atoms with E-state index in [0.29, 0.717) is 5.02 Å². The van der Waals surface area contributed by atoms with Gasteiger partial charge in [-0.1, -0.05) is 23.7 Å². The highest BCUT2D eigenvalue weighted by molar-refractivity contribution is 8.00. The van der Waals surface area contributed by atoms with Crippen LogP contribution in [0.2, 0.25) is 5.02 Å². The summed E-state index contributed by atoms with van der Waals surface area (Å²) in [4.78, 5) is 36.1. The molecule has 0 spiro atoms. The predicted molar refractivity (Wildman–Crippen MR) is 101 cm³/mol. The summed E-state index contributed by atoms with van der Waals surface area (Å²) in [6.45, 7) is 0.999. The Hall–Kier alpha value is -2.58.